The first-order valence-corrected chi connectivity index (χ1v) is 6.50. The second-order valence-electron chi connectivity index (χ2n) is 4.45. The minimum Gasteiger partial charge on any atom is -0.459 e. The number of esters is 2. The van der Waals surface area contributed by atoms with Crippen molar-refractivity contribution in [3.05, 3.63) is 35.4 Å². The van der Waals surface area contributed by atoms with E-state index in [0.717, 1.165) is 0 Å². The normalized spacial score (nSPS) is 13.3. The van der Waals surface area contributed by atoms with Crippen LogP contribution in [-0.2, 0) is 9.47 Å². The van der Waals surface area contributed by atoms with E-state index >= 15 is 0 Å². The number of hydrogen-bond acceptors (Lipinski definition) is 8. The summed E-state index contributed by atoms with van der Waals surface area (Å²) in [6.45, 7) is -1.70. The van der Waals surface area contributed by atoms with E-state index in [1.54, 1.807) is 0 Å². The van der Waals surface area contributed by atoms with Crippen molar-refractivity contribution in [2.24, 2.45) is 0 Å². The largest absolute Gasteiger partial charge is 0.459 e. The zero-order chi connectivity index (χ0) is 16.5. The lowest BCUT2D eigenvalue weighted by molar-refractivity contribution is 0.00865. The lowest BCUT2D eigenvalue weighted by Crippen LogP contribution is -2.22. The summed E-state index contributed by atoms with van der Waals surface area (Å²) in [6.07, 6.45) is -2.28. The standard InChI is InChI=1S/C14H18O8/c15-5-11(17)7-21-13(19)9-1-2-10(4-3-9)14(20)22-8-12(18)6-16/h1-4,11-12,15-18H,5-8H2/t11-,12-/m0/s1. The van der Waals surface area contributed by atoms with Crippen molar-refractivity contribution in [2.75, 3.05) is 26.4 Å². The van der Waals surface area contributed by atoms with Crippen LogP contribution in [0.25, 0.3) is 0 Å². The van der Waals surface area contributed by atoms with Gasteiger partial charge in [0.25, 0.3) is 0 Å². The Balaban J connectivity index is 2.55. The number of ether oxygens (including phenoxy) is 2. The number of hydrogen-bond donors (Lipinski definition) is 4. The van der Waals surface area contributed by atoms with Gasteiger partial charge in [-0.05, 0) is 24.3 Å². The van der Waals surface area contributed by atoms with E-state index in [1.165, 1.54) is 24.3 Å². The molecule has 0 saturated heterocycles. The molecule has 0 amide bonds. The number of aliphatic hydroxyl groups excluding tert-OH is 4. The third kappa shape index (κ3) is 5.78. The third-order valence-electron chi connectivity index (χ3n) is 2.59. The molecule has 8 nitrogen and oxygen atoms in total. The molecule has 8 heteroatoms. The van der Waals surface area contributed by atoms with E-state index in [4.69, 9.17) is 29.9 Å². The molecule has 0 aliphatic rings. The third-order valence-corrected chi connectivity index (χ3v) is 2.59. The highest BCUT2D eigenvalue weighted by molar-refractivity contribution is 5.93. The molecule has 0 radical (unpaired) electrons. The maximum Gasteiger partial charge on any atom is 0.338 e. The van der Waals surface area contributed by atoms with Crippen molar-refractivity contribution in [1.29, 1.82) is 0 Å². The van der Waals surface area contributed by atoms with E-state index in [-0.39, 0.29) is 24.3 Å². The van der Waals surface area contributed by atoms with Crippen LogP contribution in [0.1, 0.15) is 20.7 Å². The molecule has 0 fully saturated rings. The van der Waals surface area contributed by atoms with E-state index in [1.807, 2.05) is 0 Å². The fourth-order valence-electron chi connectivity index (χ4n) is 1.36. The van der Waals surface area contributed by atoms with E-state index in [9.17, 15) is 9.59 Å². The van der Waals surface area contributed by atoms with E-state index in [0.29, 0.717) is 0 Å². The average Bonchev–Trinajstić information content (AvgIpc) is 2.56. The smallest absolute Gasteiger partial charge is 0.338 e. The van der Waals surface area contributed by atoms with Gasteiger partial charge < -0.3 is 29.9 Å². The van der Waals surface area contributed by atoms with E-state index < -0.39 is 37.4 Å². The van der Waals surface area contributed by atoms with Crippen LogP contribution in [0.2, 0.25) is 0 Å². The van der Waals surface area contributed by atoms with Gasteiger partial charge in [-0.25, -0.2) is 9.59 Å². The molecule has 0 spiro atoms. The van der Waals surface area contributed by atoms with Crippen molar-refractivity contribution < 1.29 is 39.5 Å². The summed E-state index contributed by atoms with van der Waals surface area (Å²) in [4.78, 5) is 23.2. The average molecular weight is 314 g/mol. The predicted octanol–water partition coefficient (Wildman–Crippen LogP) is -1.29. The minimum atomic E-state index is -1.14. The molecule has 0 heterocycles. The van der Waals surface area contributed by atoms with Crippen LogP contribution in [0.4, 0.5) is 0 Å². The molecule has 0 bridgehead atoms. The van der Waals surface area contributed by atoms with Crippen molar-refractivity contribution in [3.63, 3.8) is 0 Å². The zero-order valence-corrected chi connectivity index (χ0v) is 11.7. The maximum absolute atomic E-state index is 11.6. The van der Waals surface area contributed by atoms with Gasteiger partial charge in [0.15, 0.2) is 0 Å². The topological polar surface area (TPSA) is 134 Å². The molecular formula is C14H18O8. The van der Waals surface area contributed by atoms with Gasteiger partial charge in [0.2, 0.25) is 0 Å². The van der Waals surface area contributed by atoms with Crippen molar-refractivity contribution in [3.8, 4) is 0 Å². The highest BCUT2D eigenvalue weighted by Gasteiger charge is 2.13. The van der Waals surface area contributed by atoms with Crippen LogP contribution in [0.3, 0.4) is 0 Å². The number of benzene rings is 1. The Bertz CT molecular complexity index is 439. The van der Waals surface area contributed by atoms with Crippen molar-refractivity contribution in [1.82, 2.24) is 0 Å². The quantitative estimate of drug-likeness (QED) is 0.435. The summed E-state index contributed by atoms with van der Waals surface area (Å²) >= 11 is 0. The Morgan fingerprint density at radius 2 is 1.14 bits per heavy atom. The first-order chi connectivity index (χ1) is 10.5. The summed E-state index contributed by atoms with van der Waals surface area (Å²) in [5, 5.41) is 35.3. The van der Waals surface area contributed by atoms with Gasteiger partial charge in [0.1, 0.15) is 25.4 Å². The SMILES string of the molecule is O=C(OC[C@@H](O)CO)c1ccc(C(=O)OC[C@@H](O)CO)cc1. The van der Waals surface area contributed by atoms with Gasteiger partial charge in [-0.2, -0.15) is 0 Å². The van der Waals surface area contributed by atoms with Gasteiger partial charge in [-0.15, -0.1) is 0 Å². The number of rotatable bonds is 8. The molecule has 0 aliphatic heterocycles. The van der Waals surface area contributed by atoms with Crippen LogP contribution < -0.4 is 0 Å². The maximum atomic E-state index is 11.6. The van der Waals surface area contributed by atoms with Crippen molar-refractivity contribution in [2.45, 2.75) is 12.2 Å². The lowest BCUT2D eigenvalue weighted by atomic mass is 10.1. The molecule has 0 unspecified atom stereocenters. The molecule has 1 aromatic rings. The van der Waals surface area contributed by atoms with Crippen LogP contribution >= 0.6 is 0 Å². The van der Waals surface area contributed by atoms with Crippen molar-refractivity contribution >= 4 is 11.9 Å². The molecule has 122 valence electrons. The molecule has 0 saturated carbocycles. The summed E-state index contributed by atoms with van der Waals surface area (Å²) in [5.74, 6) is -1.41. The Morgan fingerprint density at radius 3 is 1.41 bits per heavy atom. The Morgan fingerprint density at radius 1 is 0.818 bits per heavy atom. The fraction of sp³-hybridized carbons (Fsp3) is 0.429. The molecule has 2 atom stereocenters. The molecule has 1 aromatic carbocycles. The summed E-state index contributed by atoms with van der Waals surface area (Å²) in [5.41, 5.74) is 0.328. The van der Waals surface area contributed by atoms with Gasteiger partial charge >= 0.3 is 11.9 Å². The highest BCUT2D eigenvalue weighted by Crippen LogP contribution is 2.08. The summed E-state index contributed by atoms with van der Waals surface area (Å²) < 4.78 is 9.50. The lowest BCUT2D eigenvalue weighted by Gasteiger charge is -2.10. The molecular weight excluding hydrogens is 296 g/mol. The summed E-state index contributed by atoms with van der Waals surface area (Å²) in [7, 11) is 0. The minimum absolute atomic E-state index is 0.164. The van der Waals surface area contributed by atoms with Crippen LogP contribution in [-0.4, -0.2) is 71.0 Å². The molecule has 0 aliphatic carbocycles. The first kappa shape index (κ1) is 18.1. The van der Waals surface area contributed by atoms with Crippen LogP contribution in [0.5, 0.6) is 0 Å². The van der Waals surface area contributed by atoms with Gasteiger partial charge in [-0.1, -0.05) is 0 Å². The van der Waals surface area contributed by atoms with E-state index in [2.05, 4.69) is 0 Å². The number of aliphatic hydroxyl groups is 4. The Hall–Kier alpha value is -2.00. The highest BCUT2D eigenvalue weighted by atomic mass is 16.5. The first-order valence-electron chi connectivity index (χ1n) is 6.50. The van der Waals surface area contributed by atoms with Gasteiger partial charge in [-0.3, -0.25) is 0 Å². The molecule has 1 rings (SSSR count). The number of carbonyl (C=O) groups is 2. The number of carbonyl (C=O) groups excluding carboxylic acids is 2. The Kier molecular flexibility index (Phi) is 7.47. The van der Waals surface area contributed by atoms with Crippen LogP contribution in [0.15, 0.2) is 24.3 Å². The molecule has 0 aromatic heterocycles. The molecule has 22 heavy (non-hydrogen) atoms. The summed E-state index contributed by atoms with van der Waals surface area (Å²) in [6, 6.07) is 5.36. The monoisotopic (exact) mass is 314 g/mol. The fourth-order valence-corrected chi connectivity index (χ4v) is 1.36. The predicted molar refractivity (Wildman–Crippen MR) is 73.2 cm³/mol. The second kappa shape index (κ2) is 9.11. The second-order valence-corrected chi connectivity index (χ2v) is 4.45. The zero-order valence-electron chi connectivity index (χ0n) is 11.7. The van der Waals surface area contributed by atoms with Crippen LogP contribution in [0, 0.1) is 0 Å². The molecule has 4 N–H and O–H groups in total. The van der Waals surface area contributed by atoms with Gasteiger partial charge in [0.05, 0.1) is 24.3 Å². The van der Waals surface area contributed by atoms with Gasteiger partial charge in [0, 0.05) is 0 Å². The Labute approximate surface area is 126 Å².